The Morgan fingerprint density at radius 1 is 1.69 bits per heavy atom. The normalized spacial score (nSPS) is 19.3. The van der Waals surface area contributed by atoms with Crippen LogP contribution >= 0.6 is 0 Å². The number of hydrogen-bond donors (Lipinski definition) is 2. The van der Waals surface area contributed by atoms with Crippen molar-refractivity contribution in [2.24, 2.45) is 0 Å². The van der Waals surface area contributed by atoms with Crippen molar-refractivity contribution in [1.29, 1.82) is 0 Å². The first-order chi connectivity index (χ1) is 6.15. The summed E-state index contributed by atoms with van der Waals surface area (Å²) >= 11 is 0. The van der Waals surface area contributed by atoms with Gasteiger partial charge >= 0.3 is 0 Å². The fourth-order valence-electron chi connectivity index (χ4n) is 1.32. The van der Waals surface area contributed by atoms with Crippen LogP contribution in [0.3, 0.4) is 0 Å². The first-order valence-electron chi connectivity index (χ1n) is 4.87. The molecule has 1 aliphatic rings. The molecule has 1 rings (SSSR count). The van der Waals surface area contributed by atoms with Gasteiger partial charge in [-0.25, -0.2) is 0 Å². The minimum absolute atomic E-state index is 0.0583. The second-order valence-corrected chi connectivity index (χ2v) is 3.60. The van der Waals surface area contributed by atoms with E-state index in [0.717, 1.165) is 19.6 Å². The van der Waals surface area contributed by atoms with E-state index >= 15 is 0 Å². The van der Waals surface area contributed by atoms with Gasteiger partial charge in [0.1, 0.15) is 0 Å². The maximum Gasteiger partial charge on any atom is 0.239 e. The van der Waals surface area contributed by atoms with Gasteiger partial charge in [0.05, 0.1) is 6.04 Å². The smallest absolute Gasteiger partial charge is 0.239 e. The second-order valence-electron chi connectivity index (χ2n) is 3.60. The molecule has 13 heavy (non-hydrogen) atoms. The molecule has 1 saturated heterocycles. The SMILES string of the molecule is CCN(C)C(=O)C(C)NC1CNC1. The molecule has 0 aromatic heterocycles. The van der Waals surface area contributed by atoms with Crippen LogP contribution in [0.15, 0.2) is 0 Å². The minimum Gasteiger partial charge on any atom is -0.345 e. The average molecular weight is 185 g/mol. The molecule has 1 unspecified atom stereocenters. The molecule has 76 valence electrons. The van der Waals surface area contributed by atoms with Gasteiger partial charge in [0.2, 0.25) is 5.91 Å². The van der Waals surface area contributed by atoms with Gasteiger partial charge in [-0.15, -0.1) is 0 Å². The van der Waals surface area contributed by atoms with Crippen molar-refractivity contribution in [3.8, 4) is 0 Å². The zero-order valence-electron chi connectivity index (χ0n) is 8.63. The minimum atomic E-state index is -0.0583. The molecule has 0 bridgehead atoms. The Labute approximate surface area is 79.7 Å². The number of rotatable bonds is 4. The molecule has 1 heterocycles. The van der Waals surface area contributed by atoms with Crippen molar-refractivity contribution >= 4 is 5.91 Å². The van der Waals surface area contributed by atoms with Gasteiger partial charge < -0.3 is 15.5 Å². The van der Waals surface area contributed by atoms with E-state index in [0.29, 0.717) is 6.04 Å². The van der Waals surface area contributed by atoms with E-state index < -0.39 is 0 Å². The summed E-state index contributed by atoms with van der Waals surface area (Å²) in [5, 5.41) is 6.44. The fourth-order valence-corrected chi connectivity index (χ4v) is 1.32. The number of hydrogen-bond acceptors (Lipinski definition) is 3. The van der Waals surface area contributed by atoms with Crippen molar-refractivity contribution in [3.63, 3.8) is 0 Å². The van der Waals surface area contributed by atoms with Crippen LogP contribution in [0, 0.1) is 0 Å². The lowest BCUT2D eigenvalue weighted by molar-refractivity contribution is -0.131. The largest absolute Gasteiger partial charge is 0.345 e. The predicted octanol–water partition coefficient (Wildman–Crippen LogP) is -0.585. The van der Waals surface area contributed by atoms with Crippen LogP contribution in [0.5, 0.6) is 0 Å². The summed E-state index contributed by atoms with van der Waals surface area (Å²) in [6.45, 7) is 6.64. The third-order valence-electron chi connectivity index (χ3n) is 2.49. The zero-order chi connectivity index (χ0) is 9.84. The first-order valence-corrected chi connectivity index (χ1v) is 4.87. The summed E-state index contributed by atoms with van der Waals surface area (Å²) in [6.07, 6.45) is 0. The Morgan fingerprint density at radius 2 is 2.31 bits per heavy atom. The van der Waals surface area contributed by atoms with E-state index in [1.165, 1.54) is 0 Å². The Balaban J connectivity index is 2.28. The standard InChI is InChI=1S/C9H19N3O/c1-4-12(3)9(13)7(2)11-8-5-10-6-8/h7-8,10-11H,4-6H2,1-3H3. The molecule has 0 radical (unpaired) electrons. The fraction of sp³-hybridized carbons (Fsp3) is 0.889. The highest BCUT2D eigenvalue weighted by Crippen LogP contribution is 1.97. The summed E-state index contributed by atoms with van der Waals surface area (Å²) in [5.74, 6) is 0.175. The van der Waals surface area contributed by atoms with Crippen molar-refractivity contribution in [2.45, 2.75) is 25.9 Å². The molecule has 2 N–H and O–H groups in total. The number of carbonyl (C=O) groups excluding carboxylic acids is 1. The second kappa shape index (κ2) is 4.58. The van der Waals surface area contributed by atoms with Crippen LogP contribution in [0.1, 0.15) is 13.8 Å². The summed E-state index contributed by atoms with van der Waals surface area (Å²) in [6, 6.07) is 0.418. The van der Waals surface area contributed by atoms with Crippen LogP contribution < -0.4 is 10.6 Å². The number of likely N-dealkylation sites (N-methyl/N-ethyl adjacent to an activating group) is 1. The van der Waals surface area contributed by atoms with Crippen LogP contribution in [-0.2, 0) is 4.79 Å². The van der Waals surface area contributed by atoms with Crippen molar-refractivity contribution in [1.82, 2.24) is 15.5 Å². The third-order valence-corrected chi connectivity index (χ3v) is 2.49. The monoisotopic (exact) mass is 185 g/mol. The Morgan fingerprint density at radius 3 is 2.69 bits per heavy atom. The van der Waals surface area contributed by atoms with E-state index in [9.17, 15) is 4.79 Å². The van der Waals surface area contributed by atoms with Crippen LogP contribution in [0.2, 0.25) is 0 Å². The average Bonchev–Trinajstić information content (AvgIpc) is 2.08. The molecular formula is C9H19N3O. The van der Waals surface area contributed by atoms with E-state index in [1.807, 2.05) is 20.9 Å². The van der Waals surface area contributed by atoms with E-state index in [4.69, 9.17) is 0 Å². The zero-order valence-corrected chi connectivity index (χ0v) is 8.63. The van der Waals surface area contributed by atoms with E-state index in [1.54, 1.807) is 4.90 Å². The Hall–Kier alpha value is -0.610. The van der Waals surface area contributed by atoms with Gasteiger partial charge in [0.25, 0.3) is 0 Å². The first kappa shape index (κ1) is 10.5. The summed E-state index contributed by atoms with van der Waals surface area (Å²) in [5.41, 5.74) is 0. The van der Waals surface area contributed by atoms with Gasteiger partial charge in [-0.2, -0.15) is 0 Å². The highest BCUT2D eigenvalue weighted by Gasteiger charge is 2.23. The quantitative estimate of drug-likeness (QED) is 0.615. The van der Waals surface area contributed by atoms with Gasteiger partial charge in [-0.3, -0.25) is 4.79 Å². The van der Waals surface area contributed by atoms with Gasteiger partial charge in [0.15, 0.2) is 0 Å². The van der Waals surface area contributed by atoms with Crippen LogP contribution in [0.25, 0.3) is 0 Å². The molecule has 0 saturated carbocycles. The molecule has 4 nitrogen and oxygen atoms in total. The van der Waals surface area contributed by atoms with Crippen molar-refractivity contribution < 1.29 is 4.79 Å². The van der Waals surface area contributed by atoms with Crippen LogP contribution in [0.4, 0.5) is 0 Å². The Bertz CT molecular complexity index is 180. The summed E-state index contributed by atoms with van der Waals surface area (Å²) in [7, 11) is 1.83. The summed E-state index contributed by atoms with van der Waals surface area (Å²) in [4.78, 5) is 13.3. The molecule has 0 aromatic carbocycles. The van der Waals surface area contributed by atoms with Gasteiger partial charge in [-0.1, -0.05) is 0 Å². The van der Waals surface area contributed by atoms with Crippen molar-refractivity contribution in [2.75, 3.05) is 26.7 Å². The lowest BCUT2D eigenvalue weighted by Gasteiger charge is -2.31. The maximum atomic E-state index is 11.6. The lowest BCUT2D eigenvalue weighted by Crippen LogP contribution is -2.60. The van der Waals surface area contributed by atoms with Crippen molar-refractivity contribution in [3.05, 3.63) is 0 Å². The molecule has 0 aromatic rings. The number of amides is 1. The number of nitrogens with zero attached hydrogens (tertiary/aromatic N) is 1. The maximum absolute atomic E-state index is 11.6. The van der Waals surface area contributed by atoms with E-state index in [2.05, 4.69) is 10.6 Å². The van der Waals surface area contributed by atoms with Gasteiger partial charge in [0, 0.05) is 32.7 Å². The molecular weight excluding hydrogens is 166 g/mol. The number of carbonyl (C=O) groups is 1. The Kier molecular flexibility index (Phi) is 3.69. The molecule has 1 fully saturated rings. The summed E-state index contributed by atoms with van der Waals surface area (Å²) < 4.78 is 0. The van der Waals surface area contributed by atoms with Crippen LogP contribution in [-0.4, -0.2) is 49.6 Å². The predicted molar refractivity (Wildman–Crippen MR) is 52.6 cm³/mol. The molecule has 1 amide bonds. The highest BCUT2D eigenvalue weighted by atomic mass is 16.2. The molecule has 0 spiro atoms. The third kappa shape index (κ3) is 2.67. The van der Waals surface area contributed by atoms with E-state index in [-0.39, 0.29) is 11.9 Å². The molecule has 1 atom stereocenters. The highest BCUT2D eigenvalue weighted by molar-refractivity contribution is 5.81. The molecule has 0 aliphatic carbocycles. The van der Waals surface area contributed by atoms with Gasteiger partial charge in [-0.05, 0) is 13.8 Å². The number of nitrogens with one attached hydrogen (secondary N) is 2. The molecule has 1 aliphatic heterocycles. The molecule has 4 heteroatoms. The lowest BCUT2D eigenvalue weighted by atomic mass is 10.1. The topological polar surface area (TPSA) is 44.4 Å².